The number of nitrogens with one attached hydrogen (secondary N) is 2. The summed E-state index contributed by atoms with van der Waals surface area (Å²) < 4.78 is 27.5. The maximum Gasteiger partial charge on any atom is 0.205 e. The number of methoxy groups -OCH3 is 4. The van der Waals surface area contributed by atoms with Crippen molar-refractivity contribution in [2.45, 2.75) is 37.5 Å². The predicted octanol–water partition coefficient (Wildman–Crippen LogP) is 1.97. The molecule has 188 valence electrons. The Morgan fingerprint density at radius 3 is 2.49 bits per heavy atom. The predicted molar refractivity (Wildman–Crippen MR) is 128 cm³/mol. The van der Waals surface area contributed by atoms with Crippen LogP contribution < -0.4 is 25.3 Å². The molecule has 0 saturated carbocycles. The Morgan fingerprint density at radius 2 is 1.89 bits per heavy atom. The molecule has 3 atom stereocenters. The van der Waals surface area contributed by atoms with Crippen molar-refractivity contribution < 1.29 is 28.8 Å². The highest BCUT2D eigenvalue weighted by Gasteiger charge is 2.52. The number of nitrogens with zero attached hydrogens (tertiary/aromatic N) is 2. The second-order valence-corrected chi connectivity index (χ2v) is 8.18. The number of guanidine groups is 1. The van der Waals surface area contributed by atoms with Gasteiger partial charge < -0.3 is 39.8 Å². The molecule has 0 bridgehead atoms. The molecule has 1 aliphatic rings. The molecular formula is C24H31N5O6. The van der Waals surface area contributed by atoms with Crippen LogP contribution in [0, 0.1) is 16.9 Å². The first kappa shape index (κ1) is 25.9. The van der Waals surface area contributed by atoms with Gasteiger partial charge >= 0.3 is 0 Å². The van der Waals surface area contributed by atoms with Crippen molar-refractivity contribution >= 4 is 11.6 Å². The number of hydrogen-bond acceptors (Lipinski definition) is 9. The van der Waals surface area contributed by atoms with Crippen LogP contribution in [0.25, 0.3) is 0 Å². The van der Waals surface area contributed by atoms with Crippen molar-refractivity contribution in [3.8, 4) is 23.4 Å². The zero-order valence-electron chi connectivity index (χ0n) is 20.4. The molecule has 3 rings (SSSR count). The van der Waals surface area contributed by atoms with Crippen LogP contribution in [0.15, 0.2) is 36.4 Å². The van der Waals surface area contributed by atoms with E-state index in [4.69, 9.17) is 34.8 Å². The summed E-state index contributed by atoms with van der Waals surface area (Å²) in [7, 11) is 5.94. The second-order valence-electron chi connectivity index (χ2n) is 8.18. The van der Waals surface area contributed by atoms with Crippen molar-refractivity contribution in [3.63, 3.8) is 0 Å². The van der Waals surface area contributed by atoms with Crippen LogP contribution in [0.1, 0.15) is 24.1 Å². The van der Waals surface area contributed by atoms with Crippen molar-refractivity contribution in [2.75, 3.05) is 34.2 Å². The van der Waals surface area contributed by atoms with Crippen LogP contribution in [0.5, 0.6) is 17.2 Å². The van der Waals surface area contributed by atoms with Crippen LogP contribution in [0.4, 0.5) is 5.69 Å². The van der Waals surface area contributed by atoms with Crippen LogP contribution in [0.2, 0.25) is 0 Å². The van der Waals surface area contributed by atoms with Crippen molar-refractivity contribution in [1.29, 1.82) is 10.7 Å². The molecule has 0 fully saturated rings. The summed E-state index contributed by atoms with van der Waals surface area (Å²) in [6, 6.07) is 9.39. The molecule has 5 N–H and O–H groups in total. The van der Waals surface area contributed by atoms with Gasteiger partial charge in [-0.25, -0.2) is 4.90 Å². The number of benzene rings is 2. The first-order valence-electron chi connectivity index (χ1n) is 10.8. The van der Waals surface area contributed by atoms with Gasteiger partial charge in [0.25, 0.3) is 0 Å². The molecular weight excluding hydrogens is 454 g/mol. The van der Waals surface area contributed by atoms with E-state index in [2.05, 4.69) is 5.32 Å². The van der Waals surface area contributed by atoms with E-state index >= 15 is 0 Å². The Bertz CT molecular complexity index is 1100. The molecule has 0 saturated heterocycles. The summed E-state index contributed by atoms with van der Waals surface area (Å²) >= 11 is 0. The molecule has 11 nitrogen and oxygen atoms in total. The minimum absolute atomic E-state index is 0.0851. The number of ether oxygens (including phenoxy) is 5. The summed E-state index contributed by atoms with van der Waals surface area (Å²) in [5.41, 5.74) is 6.37. The minimum atomic E-state index is -1.33. The Morgan fingerprint density at radius 1 is 1.20 bits per heavy atom. The van der Waals surface area contributed by atoms with E-state index in [0.29, 0.717) is 28.5 Å². The third kappa shape index (κ3) is 5.05. The number of rotatable bonds is 8. The molecule has 11 heteroatoms. The summed E-state index contributed by atoms with van der Waals surface area (Å²) in [4.78, 5) is 1.15. The number of nitrogens with two attached hydrogens (primary N) is 1. The van der Waals surface area contributed by atoms with E-state index in [1.54, 1.807) is 43.3 Å². The smallest absolute Gasteiger partial charge is 0.205 e. The Kier molecular flexibility index (Phi) is 7.91. The second kappa shape index (κ2) is 10.7. The molecule has 1 heterocycles. The van der Waals surface area contributed by atoms with E-state index in [-0.39, 0.29) is 12.5 Å². The minimum Gasteiger partial charge on any atom is -0.493 e. The van der Waals surface area contributed by atoms with Gasteiger partial charge in [-0.05, 0) is 42.8 Å². The normalized spacial score (nSPS) is 20.9. The average molecular weight is 486 g/mol. The zero-order valence-corrected chi connectivity index (χ0v) is 20.4. The molecule has 0 amide bonds. The number of anilines is 1. The van der Waals surface area contributed by atoms with Gasteiger partial charge in [0.05, 0.1) is 26.8 Å². The van der Waals surface area contributed by atoms with Crippen LogP contribution in [-0.4, -0.2) is 62.4 Å². The number of fused-ring (bicyclic) bond motifs is 1. The third-order valence-corrected chi connectivity index (χ3v) is 5.97. The summed E-state index contributed by atoms with van der Waals surface area (Å²) in [5, 5.41) is 32.7. The maximum atomic E-state index is 11.4. The van der Waals surface area contributed by atoms with Gasteiger partial charge in [-0.3, -0.25) is 5.41 Å². The Labute approximate surface area is 204 Å². The molecule has 0 aliphatic carbocycles. The summed E-state index contributed by atoms with van der Waals surface area (Å²) in [6.45, 7) is 1.74. The van der Waals surface area contributed by atoms with Crippen LogP contribution >= 0.6 is 0 Å². The topological polar surface area (TPSA) is 155 Å². The number of aliphatic hydroxyl groups excluding tert-OH is 1. The van der Waals surface area contributed by atoms with Gasteiger partial charge in [0, 0.05) is 25.5 Å². The lowest BCUT2D eigenvalue weighted by Gasteiger charge is -2.47. The Hall–Kier alpha value is -3.72. The quantitative estimate of drug-likeness (QED) is 0.109. The van der Waals surface area contributed by atoms with E-state index in [1.807, 2.05) is 6.19 Å². The van der Waals surface area contributed by atoms with E-state index < -0.39 is 24.0 Å². The fourth-order valence-electron chi connectivity index (χ4n) is 4.16. The van der Waals surface area contributed by atoms with Gasteiger partial charge in [-0.15, -0.1) is 0 Å². The SMILES string of the molecule is COc1ccc(CN(C#N)C(=N)N[C@@H]2c3cc(N)ccc3O[C@](C)(C(OC)OC)[C@H]2O)cc1OC. The molecule has 2 aromatic rings. The third-order valence-electron chi connectivity index (χ3n) is 5.97. The highest BCUT2D eigenvalue weighted by molar-refractivity contribution is 5.79. The molecule has 0 spiro atoms. The molecule has 0 aromatic heterocycles. The van der Waals surface area contributed by atoms with Crippen molar-refractivity contribution in [3.05, 3.63) is 47.5 Å². The Balaban J connectivity index is 1.90. The van der Waals surface area contributed by atoms with Gasteiger partial charge in [0.2, 0.25) is 5.96 Å². The van der Waals surface area contributed by atoms with E-state index in [0.717, 1.165) is 10.5 Å². The monoisotopic (exact) mass is 485 g/mol. The molecule has 1 aliphatic heterocycles. The lowest BCUT2D eigenvalue weighted by Crippen LogP contribution is -2.62. The molecule has 0 radical (unpaired) electrons. The number of nitriles is 1. The van der Waals surface area contributed by atoms with Gasteiger partial charge in [-0.1, -0.05) is 6.07 Å². The summed E-state index contributed by atoms with van der Waals surface area (Å²) in [5.74, 6) is 1.28. The summed E-state index contributed by atoms with van der Waals surface area (Å²) in [6.07, 6.45) is -0.140. The van der Waals surface area contributed by atoms with E-state index in [9.17, 15) is 10.4 Å². The van der Waals surface area contributed by atoms with Gasteiger partial charge in [-0.2, -0.15) is 5.26 Å². The van der Waals surface area contributed by atoms with Gasteiger partial charge in [0.15, 0.2) is 29.6 Å². The zero-order chi connectivity index (χ0) is 25.8. The first-order chi connectivity index (χ1) is 16.7. The lowest BCUT2D eigenvalue weighted by atomic mass is 9.84. The molecule has 35 heavy (non-hydrogen) atoms. The molecule has 0 unspecified atom stereocenters. The fraction of sp³-hybridized carbons (Fsp3) is 0.417. The van der Waals surface area contributed by atoms with Crippen molar-refractivity contribution in [1.82, 2.24) is 10.2 Å². The van der Waals surface area contributed by atoms with E-state index in [1.165, 1.54) is 28.4 Å². The number of hydrogen-bond donors (Lipinski definition) is 4. The number of aliphatic hydroxyl groups is 1. The van der Waals surface area contributed by atoms with Crippen LogP contribution in [0.3, 0.4) is 0 Å². The van der Waals surface area contributed by atoms with Crippen molar-refractivity contribution in [2.24, 2.45) is 0 Å². The molecule has 2 aromatic carbocycles. The fourth-order valence-corrected chi connectivity index (χ4v) is 4.16. The highest BCUT2D eigenvalue weighted by atomic mass is 16.7. The van der Waals surface area contributed by atoms with Crippen LogP contribution in [-0.2, 0) is 16.0 Å². The average Bonchev–Trinajstić information content (AvgIpc) is 2.86. The first-order valence-corrected chi connectivity index (χ1v) is 10.8. The lowest BCUT2D eigenvalue weighted by molar-refractivity contribution is -0.238. The van der Waals surface area contributed by atoms with Gasteiger partial charge in [0.1, 0.15) is 11.9 Å². The standard InChI is InChI=1S/C24H31N5O6/c1-24(22(33-4)34-5)21(30)20(16-11-15(26)7-9-17(16)35-24)28-23(27)29(13-25)12-14-6-8-18(31-2)19(10-14)32-3/h6-11,20-22,30H,12,26H2,1-5H3,(H2,27,28)/t20-,21+,24+/m1/s1. The number of nitrogen functional groups attached to an aromatic ring is 1. The largest absolute Gasteiger partial charge is 0.493 e. The maximum absolute atomic E-state index is 11.4. The highest BCUT2D eigenvalue weighted by Crippen LogP contribution is 2.43.